The summed E-state index contributed by atoms with van der Waals surface area (Å²) in [5, 5.41) is 41.9. The first-order valence-electron chi connectivity index (χ1n) is 15.1. The number of carboxylic acid groups (broad SMARTS) is 3. The van der Waals surface area contributed by atoms with E-state index in [1.54, 1.807) is 0 Å². The van der Waals surface area contributed by atoms with E-state index >= 15 is 0 Å². The van der Waals surface area contributed by atoms with Crippen LogP contribution in [0.1, 0.15) is 72.1 Å². The summed E-state index contributed by atoms with van der Waals surface area (Å²) in [6.45, 7) is 4.52. The Morgan fingerprint density at radius 2 is 1.02 bits per heavy atom. The van der Waals surface area contributed by atoms with Gasteiger partial charge in [0.2, 0.25) is 35.4 Å². The number of amides is 6. The summed E-state index contributed by atoms with van der Waals surface area (Å²) in [6, 6.07) is -8.90. The van der Waals surface area contributed by atoms with Gasteiger partial charge in [0.15, 0.2) is 0 Å². The molecule has 1 saturated heterocycles. The summed E-state index contributed by atoms with van der Waals surface area (Å²) in [5.41, 5.74) is 5.56. The number of hydrogen-bond acceptors (Lipinski definition) is 10. The topological polar surface area (TPSA) is 313 Å². The first-order chi connectivity index (χ1) is 22.0. The maximum Gasteiger partial charge on any atom is 0.305 e. The molecule has 19 heteroatoms. The Morgan fingerprint density at radius 3 is 1.47 bits per heavy atom. The van der Waals surface area contributed by atoms with E-state index in [0.29, 0.717) is 12.8 Å². The molecule has 6 amide bonds. The molecule has 0 aromatic rings. The molecule has 1 aliphatic heterocycles. The van der Waals surface area contributed by atoms with Crippen molar-refractivity contribution in [3.05, 3.63) is 0 Å². The maximum atomic E-state index is 13.5. The summed E-state index contributed by atoms with van der Waals surface area (Å²) < 4.78 is 0. The molecule has 11 N–H and O–H groups in total. The number of unbranched alkanes of at least 4 members (excludes halogenated alkanes) is 1. The van der Waals surface area contributed by atoms with Crippen LogP contribution >= 0.6 is 0 Å². The van der Waals surface area contributed by atoms with Gasteiger partial charge in [-0.3, -0.25) is 43.2 Å². The highest BCUT2D eigenvalue weighted by Gasteiger charge is 2.35. The van der Waals surface area contributed by atoms with Crippen molar-refractivity contribution in [1.82, 2.24) is 31.9 Å². The van der Waals surface area contributed by atoms with Crippen LogP contribution in [0.4, 0.5) is 0 Å². The van der Waals surface area contributed by atoms with E-state index in [0.717, 1.165) is 0 Å². The SMILES string of the molecule is CC(C)[C@@H]1NC(=O)[C@H](CCC(=O)O)NC(=O)[C@H](CCCCN)NC(=O)[C@H](CCC(=O)O)NC(=O)[C@H](C)NC(=O)[C@H](CC(=O)O)NC1=O. The summed E-state index contributed by atoms with van der Waals surface area (Å²) in [7, 11) is 0. The minimum atomic E-state index is -1.73. The van der Waals surface area contributed by atoms with E-state index in [1.807, 2.05) is 0 Å². The van der Waals surface area contributed by atoms with Crippen LogP contribution < -0.4 is 37.6 Å². The third-order valence-electron chi connectivity index (χ3n) is 7.15. The molecule has 0 aromatic heterocycles. The van der Waals surface area contributed by atoms with Gasteiger partial charge >= 0.3 is 17.9 Å². The lowest BCUT2D eigenvalue weighted by Gasteiger charge is -2.29. The van der Waals surface area contributed by atoms with Gasteiger partial charge in [0.05, 0.1) is 6.42 Å². The number of carboxylic acids is 3. The number of rotatable bonds is 13. The second-order valence-corrected chi connectivity index (χ2v) is 11.5. The van der Waals surface area contributed by atoms with Crippen molar-refractivity contribution < 1.29 is 58.5 Å². The van der Waals surface area contributed by atoms with Crippen LogP contribution in [0.15, 0.2) is 0 Å². The maximum absolute atomic E-state index is 13.5. The van der Waals surface area contributed by atoms with Gasteiger partial charge in [-0.1, -0.05) is 13.8 Å². The van der Waals surface area contributed by atoms with Gasteiger partial charge in [-0.05, 0) is 51.5 Å². The molecule has 0 unspecified atom stereocenters. The van der Waals surface area contributed by atoms with E-state index in [4.69, 9.17) is 5.73 Å². The lowest BCUT2D eigenvalue weighted by Crippen LogP contribution is -2.62. The largest absolute Gasteiger partial charge is 0.481 e. The molecule has 0 spiro atoms. The van der Waals surface area contributed by atoms with Gasteiger partial charge < -0.3 is 53.0 Å². The zero-order valence-corrected chi connectivity index (χ0v) is 26.5. The average Bonchev–Trinajstić information content (AvgIpc) is 2.97. The second kappa shape index (κ2) is 19.6. The summed E-state index contributed by atoms with van der Waals surface area (Å²) in [5.74, 6) is -10.6. The van der Waals surface area contributed by atoms with Crippen molar-refractivity contribution >= 4 is 53.4 Å². The number of hydrogen-bond donors (Lipinski definition) is 10. The molecule has 0 bridgehead atoms. The van der Waals surface area contributed by atoms with Crippen molar-refractivity contribution in [3.63, 3.8) is 0 Å². The normalized spacial score (nSPS) is 25.2. The predicted octanol–water partition coefficient (Wildman–Crippen LogP) is -3.08. The lowest BCUT2D eigenvalue weighted by atomic mass is 10.0. The highest BCUT2D eigenvalue weighted by Crippen LogP contribution is 2.10. The Hall–Kier alpha value is -4.81. The fraction of sp³-hybridized carbons (Fsp3) is 0.679. The molecule has 1 heterocycles. The van der Waals surface area contributed by atoms with Gasteiger partial charge in [-0.15, -0.1) is 0 Å². The molecule has 0 saturated carbocycles. The zero-order chi connectivity index (χ0) is 35.8. The Labute approximate surface area is 270 Å². The van der Waals surface area contributed by atoms with Crippen molar-refractivity contribution in [1.29, 1.82) is 0 Å². The van der Waals surface area contributed by atoms with Crippen molar-refractivity contribution in [3.8, 4) is 0 Å². The van der Waals surface area contributed by atoms with E-state index in [2.05, 4.69) is 31.9 Å². The standard InChI is InChI=1S/C28H45N7O12/c1-13(2)22-28(47)34-18(12-21(40)41)27(46)30-14(3)23(42)31-16(7-9-19(36)37)25(44)32-15(6-4-5-11-29)24(43)33-17(26(45)35-22)8-10-20(38)39/h13-18,22H,4-12,29H2,1-3H3,(H,30,46)(H,31,42)(H,32,44)(H,33,43)(H,34,47)(H,35,45)(H,36,37)(H,38,39)(H,40,41)/t14-,15-,16-,17-,18-,22-/m0/s1. The molecule has 6 atom stereocenters. The highest BCUT2D eigenvalue weighted by molar-refractivity contribution is 5.99. The number of carbonyl (C=O) groups excluding carboxylic acids is 6. The van der Waals surface area contributed by atoms with E-state index < -0.39 is 128 Å². The quantitative estimate of drug-likeness (QED) is 0.0870. The minimum absolute atomic E-state index is 0.00388. The van der Waals surface area contributed by atoms with Crippen LogP contribution in [-0.2, 0) is 43.2 Å². The molecular formula is C28H45N7O12. The fourth-order valence-electron chi connectivity index (χ4n) is 4.49. The Bertz CT molecular complexity index is 1190. The number of aliphatic carboxylic acids is 3. The van der Waals surface area contributed by atoms with Gasteiger partial charge in [0.1, 0.15) is 36.3 Å². The summed E-state index contributed by atoms with van der Waals surface area (Å²) >= 11 is 0. The van der Waals surface area contributed by atoms with Crippen LogP contribution in [0.3, 0.4) is 0 Å². The Morgan fingerprint density at radius 1 is 0.596 bits per heavy atom. The van der Waals surface area contributed by atoms with Gasteiger partial charge in [0, 0.05) is 12.8 Å². The third-order valence-corrected chi connectivity index (χ3v) is 7.15. The first kappa shape index (κ1) is 40.2. The lowest BCUT2D eigenvalue weighted by molar-refractivity contribution is -0.142. The van der Waals surface area contributed by atoms with E-state index in [1.165, 1.54) is 20.8 Å². The monoisotopic (exact) mass is 671 g/mol. The summed E-state index contributed by atoms with van der Waals surface area (Å²) in [6.07, 6.45) is -2.18. The third kappa shape index (κ3) is 14.4. The van der Waals surface area contributed by atoms with Crippen molar-refractivity contribution in [2.45, 2.75) is 108 Å². The van der Waals surface area contributed by atoms with E-state index in [-0.39, 0.29) is 13.0 Å². The van der Waals surface area contributed by atoms with Gasteiger partial charge in [-0.25, -0.2) is 0 Å². The van der Waals surface area contributed by atoms with Crippen LogP contribution in [0, 0.1) is 5.92 Å². The van der Waals surface area contributed by atoms with Gasteiger partial charge in [0.25, 0.3) is 0 Å². The number of nitrogens with one attached hydrogen (secondary N) is 6. The van der Waals surface area contributed by atoms with Crippen LogP contribution in [0.2, 0.25) is 0 Å². The molecule has 0 aromatic carbocycles. The molecule has 0 aliphatic carbocycles. The molecule has 1 rings (SSSR count). The Balaban J connectivity index is 3.66. The summed E-state index contributed by atoms with van der Waals surface area (Å²) in [4.78, 5) is 114. The van der Waals surface area contributed by atoms with Crippen molar-refractivity contribution in [2.24, 2.45) is 11.7 Å². The highest BCUT2D eigenvalue weighted by atomic mass is 16.4. The Kier molecular flexibility index (Phi) is 16.8. The molecule has 1 fully saturated rings. The number of nitrogens with two attached hydrogens (primary N) is 1. The van der Waals surface area contributed by atoms with Crippen LogP contribution in [0.25, 0.3) is 0 Å². The van der Waals surface area contributed by atoms with E-state index in [9.17, 15) is 58.5 Å². The fourth-order valence-corrected chi connectivity index (χ4v) is 4.49. The van der Waals surface area contributed by atoms with Crippen molar-refractivity contribution in [2.75, 3.05) is 6.54 Å². The van der Waals surface area contributed by atoms with Crippen LogP contribution in [0.5, 0.6) is 0 Å². The number of carbonyl (C=O) groups is 9. The minimum Gasteiger partial charge on any atom is -0.481 e. The average molecular weight is 672 g/mol. The first-order valence-corrected chi connectivity index (χ1v) is 15.1. The zero-order valence-electron chi connectivity index (χ0n) is 26.5. The molecule has 0 radical (unpaired) electrons. The predicted molar refractivity (Wildman–Crippen MR) is 161 cm³/mol. The molecule has 47 heavy (non-hydrogen) atoms. The molecule has 264 valence electrons. The molecular weight excluding hydrogens is 626 g/mol. The molecule has 1 aliphatic rings. The second-order valence-electron chi connectivity index (χ2n) is 11.5. The molecule has 19 nitrogen and oxygen atoms in total. The smallest absolute Gasteiger partial charge is 0.305 e. The van der Waals surface area contributed by atoms with Gasteiger partial charge in [-0.2, -0.15) is 0 Å². The van der Waals surface area contributed by atoms with Crippen LogP contribution in [-0.4, -0.2) is 111 Å².